The van der Waals surface area contributed by atoms with Crippen LogP contribution in [0.15, 0.2) is 60.7 Å². The van der Waals surface area contributed by atoms with Gasteiger partial charge in [-0.05, 0) is 52.4 Å². The van der Waals surface area contributed by atoms with Gasteiger partial charge < -0.3 is 0 Å². The minimum absolute atomic E-state index is 0.546. The van der Waals surface area contributed by atoms with Gasteiger partial charge in [-0.15, -0.1) is 0 Å². The minimum atomic E-state index is 0.546. The largest absolute Gasteiger partial charge is 0.299 e. The lowest BCUT2D eigenvalue weighted by atomic mass is 9.89. The predicted molar refractivity (Wildman–Crippen MR) is 123 cm³/mol. The summed E-state index contributed by atoms with van der Waals surface area (Å²) in [6.45, 7) is 9.94. The zero-order valence-electron chi connectivity index (χ0n) is 17.6. The maximum atomic E-state index is 5.23. The van der Waals surface area contributed by atoms with Crippen molar-refractivity contribution in [2.24, 2.45) is 0 Å². The van der Waals surface area contributed by atoms with Gasteiger partial charge in [0, 0.05) is 24.0 Å². The van der Waals surface area contributed by atoms with E-state index in [0.717, 1.165) is 37.3 Å². The Morgan fingerprint density at radius 3 is 2.48 bits per heavy atom. The fraction of sp³-hybridized carbons (Fsp3) is 0.296. The molecule has 29 heavy (non-hydrogen) atoms. The number of likely N-dealkylation sites (N-methyl/N-ethyl adjacent to an activating group) is 1. The number of benzene rings is 3. The molecule has 4 aromatic rings. The van der Waals surface area contributed by atoms with Crippen LogP contribution in [0.4, 0.5) is 0 Å². The van der Waals surface area contributed by atoms with Crippen LogP contribution in [0.3, 0.4) is 0 Å². The van der Waals surface area contributed by atoms with Gasteiger partial charge in [-0.2, -0.15) is 0 Å². The summed E-state index contributed by atoms with van der Waals surface area (Å²) in [5.41, 5.74) is 7.81. The zero-order chi connectivity index (χ0) is 20.0. The first-order valence-electron chi connectivity index (χ1n) is 10.8. The molecule has 2 heterocycles. The molecule has 0 bridgehead atoms. The van der Waals surface area contributed by atoms with Gasteiger partial charge in [-0.1, -0.05) is 75.4 Å². The fourth-order valence-corrected chi connectivity index (χ4v) is 4.71. The Hall–Kier alpha value is -2.71. The molecule has 0 radical (unpaired) electrons. The third kappa shape index (κ3) is 3.12. The van der Waals surface area contributed by atoms with Gasteiger partial charge in [-0.3, -0.25) is 4.90 Å². The Kier molecular flexibility index (Phi) is 4.60. The summed E-state index contributed by atoms with van der Waals surface area (Å²) >= 11 is 0. The lowest BCUT2D eigenvalue weighted by molar-refractivity contribution is 0.269. The van der Waals surface area contributed by atoms with Gasteiger partial charge in [0.25, 0.3) is 0 Å². The summed E-state index contributed by atoms with van der Waals surface area (Å²) in [4.78, 5) is 7.76. The van der Waals surface area contributed by atoms with Crippen molar-refractivity contribution in [1.29, 1.82) is 0 Å². The Bertz CT molecular complexity index is 1190. The summed E-state index contributed by atoms with van der Waals surface area (Å²) in [6, 6.07) is 22.2. The normalized spacial score (nSPS) is 14.6. The first-order chi connectivity index (χ1) is 14.2. The molecule has 146 valence electrons. The highest BCUT2D eigenvalue weighted by Crippen LogP contribution is 2.37. The van der Waals surface area contributed by atoms with E-state index in [9.17, 15) is 0 Å². The van der Waals surface area contributed by atoms with Gasteiger partial charge in [0.2, 0.25) is 0 Å². The molecule has 0 unspecified atom stereocenters. The van der Waals surface area contributed by atoms with Crippen molar-refractivity contribution < 1.29 is 0 Å². The molecule has 0 fully saturated rings. The maximum absolute atomic E-state index is 5.23. The van der Waals surface area contributed by atoms with Gasteiger partial charge in [0.15, 0.2) is 0 Å². The van der Waals surface area contributed by atoms with Crippen molar-refractivity contribution in [3.63, 3.8) is 0 Å². The highest BCUT2D eigenvalue weighted by molar-refractivity contribution is 6.09. The van der Waals surface area contributed by atoms with Crippen molar-refractivity contribution in [3.05, 3.63) is 77.4 Å². The molecule has 0 aliphatic carbocycles. The number of aromatic nitrogens is 1. The van der Waals surface area contributed by atoms with Crippen molar-refractivity contribution >= 4 is 21.7 Å². The maximum Gasteiger partial charge on any atom is 0.0757 e. The van der Waals surface area contributed by atoms with Crippen LogP contribution in [0.1, 0.15) is 43.4 Å². The van der Waals surface area contributed by atoms with Gasteiger partial charge in [-0.25, -0.2) is 4.98 Å². The molecule has 1 aliphatic heterocycles. The van der Waals surface area contributed by atoms with Gasteiger partial charge >= 0.3 is 0 Å². The molecule has 1 aromatic heterocycles. The Morgan fingerprint density at radius 1 is 0.931 bits per heavy atom. The minimum Gasteiger partial charge on any atom is -0.299 e. The standard InChI is InChI=1S/C27H28N2/c1-4-29-16-15-23-24(17-29)27(21-11-9-19(10-12-21)18(2)3)28-25-14-13-20-7-5-6-8-22(20)26(23)25/h5-14,18H,4,15-17H2,1-3H3. The van der Waals surface area contributed by atoms with Crippen molar-refractivity contribution in [1.82, 2.24) is 9.88 Å². The molecule has 5 rings (SSSR count). The number of rotatable bonds is 3. The second-order valence-electron chi connectivity index (χ2n) is 8.49. The number of pyridine rings is 1. The first kappa shape index (κ1) is 18.3. The quantitative estimate of drug-likeness (QED) is 0.374. The molecular formula is C27H28N2. The second-order valence-corrected chi connectivity index (χ2v) is 8.49. The Morgan fingerprint density at radius 2 is 1.72 bits per heavy atom. The molecule has 1 aliphatic rings. The summed E-state index contributed by atoms with van der Waals surface area (Å²) in [6.07, 6.45) is 1.09. The molecule has 0 N–H and O–H groups in total. The van der Waals surface area contributed by atoms with Crippen LogP contribution < -0.4 is 0 Å². The molecule has 0 saturated heterocycles. The highest BCUT2D eigenvalue weighted by Gasteiger charge is 2.23. The molecule has 0 atom stereocenters. The molecular weight excluding hydrogens is 352 g/mol. The lowest BCUT2D eigenvalue weighted by Gasteiger charge is -2.30. The number of fused-ring (bicyclic) bond motifs is 5. The molecule has 2 nitrogen and oxygen atoms in total. The topological polar surface area (TPSA) is 16.1 Å². The number of hydrogen-bond donors (Lipinski definition) is 0. The van der Waals surface area contributed by atoms with Crippen LogP contribution in [0.5, 0.6) is 0 Å². The third-order valence-electron chi connectivity index (χ3n) is 6.45. The van der Waals surface area contributed by atoms with E-state index in [1.807, 2.05) is 0 Å². The lowest BCUT2D eigenvalue weighted by Crippen LogP contribution is -2.31. The number of nitrogens with zero attached hydrogens (tertiary/aromatic N) is 2. The predicted octanol–water partition coefficient (Wildman–Crippen LogP) is 6.56. The Balaban J connectivity index is 1.79. The summed E-state index contributed by atoms with van der Waals surface area (Å²) in [5, 5.41) is 3.99. The second kappa shape index (κ2) is 7.27. The SMILES string of the molecule is CCN1CCc2c(c(-c3ccc(C(C)C)cc3)nc3ccc4ccccc4c23)C1. The summed E-state index contributed by atoms with van der Waals surface area (Å²) in [7, 11) is 0. The first-order valence-corrected chi connectivity index (χ1v) is 10.8. The average Bonchev–Trinajstić information content (AvgIpc) is 2.77. The average molecular weight is 381 g/mol. The molecule has 3 aromatic carbocycles. The van der Waals surface area contributed by atoms with E-state index in [2.05, 4.69) is 86.3 Å². The third-order valence-corrected chi connectivity index (χ3v) is 6.45. The van der Waals surface area contributed by atoms with Crippen LogP contribution in [0.2, 0.25) is 0 Å². The van der Waals surface area contributed by atoms with Crippen LogP contribution in [0, 0.1) is 0 Å². The van der Waals surface area contributed by atoms with E-state index in [1.54, 1.807) is 0 Å². The van der Waals surface area contributed by atoms with E-state index in [1.165, 1.54) is 38.4 Å². The van der Waals surface area contributed by atoms with Crippen LogP contribution >= 0.6 is 0 Å². The van der Waals surface area contributed by atoms with E-state index in [0.29, 0.717) is 5.92 Å². The Labute approximate surface area is 173 Å². The van der Waals surface area contributed by atoms with E-state index < -0.39 is 0 Å². The highest BCUT2D eigenvalue weighted by atomic mass is 15.1. The van der Waals surface area contributed by atoms with Gasteiger partial charge in [0.1, 0.15) is 0 Å². The number of hydrogen-bond acceptors (Lipinski definition) is 2. The van der Waals surface area contributed by atoms with E-state index in [4.69, 9.17) is 4.98 Å². The molecule has 2 heteroatoms. The van der Waals surface area contributed by atoms with Crippen molar-refractivity contribution in [3.8, 4) is 11.3 Å². The van der Waals surface area contributed by atoms with E-state index in [-0.39, 0.29) is 0 Å². The van der Waals surface area contributed by atoms with Gasteiger partial charge in [0.05, 0.1) is 11.2 Å². The molecule has 0 saturated carbocycles. The molecule has 0 amide bonds. The molecule has 0 spiro atoms. The van der Waals surface area contributed by atoms with Crippen molar-refractivity contribution in [2.45, 2.75) is 39.7 Å². The fourth-order valence-electron chi connectivity index (χ4n) is 4.71. The zero-order valence-corrected chi connectivity index (χ0v) is 17.6. The van der Waals surface area contributed by atoms with E-state index >= 15 is 0 Å². The van der Waals surface area contributed by atoms with Crippen LogP contribution in [-0.2, 0) is 13.0 Å². The van der Waals surface area contributed by atoms with Crippen LogP contribution in [0.25, 0.3) is 32.9 Å². The van der Waals surface area contributed by atoms with Crippen molar-refractivity contribution in [2.75, 3.05) is 13.1 Å². The smallest absolute Gasteiger partial charge is 0.0757 e. The summed E-state index contributed by atoms with van der Waals surface area (Å²) < 4.78 is 0. The summed E-state index contributed by atoms with van der Waals surface area (Å²) in [5.74, 6) is 0.546. The monoisotopic (exact) mass is 380 g/mol. The van der Waals surface area contributed by atoms with Crippen LogP contribution in [-0.4, -0.2) is 23.0 Å².